The van der Waals surface area contributed by atoms with E-state index in [-0.39, 0.29) is 29.0 Å². The second kappa shape index (κ2) is 9.02. The Morgan fingerprint density at radius 2 is 1.79 bits per heavy atom. The molecule has 2 fully saturated rings. The summed E-state index contributed by atoms with van der Waals surface area (Å²) >= 11 is 0. The third-order valence-electron chi connectivity index (χ3n) is 5.13. The Morgan fingerprint density at radius 3 is 2.43 bits per heavy atom. The van der Waals surface area contributed by atoms with Gasteiger partial charge in [-0.3, -0.25) is 4.79 Å². The molecule has 2 heterocycles. The molecule has 0 saturated carbocycles. The number of carbonyl (C=O) groups excluding carboxylic acids is 2. The lowest BCUT2D eigenvalue weighted by Gasteiger charge is -2.32. The highest BCUT2D eigenvalue weighted by molar-refractivity contribution is 7.89. The minimum Gasteiger partial charge on any atom is -0.452 e. The fraction of sp³-hybridized carbons (Fsp3) is 0.579. The molecule has 0 radical (unpaired) electrons. The summed E-state index contributed by atoms with van der Waals surface area (Å²) < 4.78 is 37.4. The molecule has 3 rings (SSSR count). The molecule has 28 heavy (non-hydrogen) atoms. The van der Waals surface area contributed by atoms with Crippen molar-refractivity contribution < 1.29 is 27.5 Å². The van der Waals surface area contributed by atoms with E-state index in [9.17, 15) is 18.0 Å². The van der Waals surface area contributed by atoms with Gasteiger partial charge in [0.05, 0.1) is 23.7 Å². The van der Waals surface area contributed by atoms with E-state index in [1.54, 1.807) is 4.90 Å². The van der Waals surface area contributed by atoms with E-state index in [2.05, 4.69) is 0 Å². The molecule has 2 aliphatic heterocycles. The summed E-state index contributed by atoms with van der Waals surface area (Å²) in [6, 6.07) is 5.63. The second-order valence-corrected chi connectivity index (χ2v) is 8.94. The van der Waals surface area contributed by atoms with Gasteiger partial charge in [-0.05, 0) is 44.0 Å². The molecular weight excluding hydrogens is 384 g/mol. The maximum Gasteiger partial charge on any atom is 0.338 e. The number of hydrogen-bond donors (Lipinski definition) is 0. The normalized spacial score (nSPS) is 21.3. The third-order valence-corrected chi connectivity index (χ3v) is 7.16. The summed E-state index contributed by atoms with van der Waals surface area (Å²) in [6.07, 6.45) is 2.73. The molecule has 1 aromatic carbocycles. The Hall–Kier alpha value is -1.97. The van der Waals surface area contributed by atoms with E-state index >= 15 is 0 Å². The minimum atomic E-state index is -3.59. The van der Waals surface area contributed by atoms with Gasteiger partial charge in [0.2, 0.25) is 10.0 Å². The van der Waals surface area contributed by atoms with Crippen LogP contribution in [0.2, 0.25) is 0 Å². The highest BCUT2D eigenvalue weighted by Crippen LogP contribution is 2.25. The summed E-state index contributed by atoms with van der Waals surface area (Å²) in [6.45, 7) is 4.00. The Balaban J connectivity index is 1.60. The number of nitrogens with zero attached hydrogens (tertiary/aromatic N) is 2. The Labute approximate surface area is 165 Å². The number of benzene rings is 1. The highest BCUT2D eigenvalue weighted by Gasteiger charge is 2.31. The van der Waals surface area contributed by atoms with Crippen LogP contribution in [0.3, 0.4) is 0 Å². The third kappa shape index (κ3) is 4.71. The van der Waals surface area contributed by atoms with Crippen LogP contribution in [0, 0.1) is 0 Å². The van der Waals surface area contributed by atoms with Crippen molar-refractivity contribution in [2.24, 2.45) is 0 Å². The summed E-state index contributed by atoms with van der Waals surface area (Å²) in [5, 5.41) is 0. The lowest BCUT2D eigenvalue weighted by atomic mass is 10.1. The molecule has 1 aromatic rings. The van der Waals surface area contributed by atoms with Gasteiger partial charge in [0.1, 0.15) is 0 Å². The quantitative estimate of drug-likeness (QED) is 0.679. The molecule has 8 nitrogen and oxygen atoms in total. The monoisotopic (exact) mass is 410 g/mol. The molecular formula is C19H26N2O6S. The number of rotatable bonds is 5. The number of ether oxygens (including phenoxy) is 2. The maximum absolute atomic E-state index is 12.8. The van der Waals surface area contributed by atoms with Crippen molar-refractivity contribution in [3.63, 3.8) is 0 Å². The largest absolute Gasteiger partial charge is 0.452 e. The van der Waals surface area contributed by atoms with Crippen LogP contribution in [-0.4, -0.2) is 75.0 Å². The van der Waals surface area contributed by atoms with Crippen LogP contribution in [0.1, 0.15) is 36.5 Å². The van der Waals surface area contributed by atoms with E-state index in [1.807, 2.05) is 6.92 Å². The number of morpholine rings is 1. The zero-order chi connectivity index (χ0) is 20.1. The summed E-state index contributed by atoms with van der Waals surface area (Å²) in [4.78, 5) is 25.9. The van der Waals surface area contributed by atoms with Gasteiger partial charge in [0.25, 0.3) is 5.91 Å². The number of sulfonamides is 1. The zero-order valence-corrected chi connectivity index (χ0v) is 16.8. The van der Waals surface area contributed by atoms with Gasteiger partial charge in [-0.25, -0.2) is 13.2 Å². The number of piperidine rings is 1. The maximum atomic E-state index is 12.8. The molecule has 0 aromatic heterocycles. The van der Waals surface area contributed by atoms with Crippen LogP contribution < -0.4 is 0 Å². The van der Waals surface area contributed by atoms with Crippen LogP contribution >= 0.6 is 0 Å². The molecule has 2 aliphatic rings. The standard InChI is InChI=1S/C19H26N2O6S/c1-15-4-2-3-9-21(15)28(24,25)17-7-5-16(6-8-17)19(23)27-14-18(22)20-10-12-26-13-11-20/h5-8,15H,2-4,9-14H2,1H3/t15-/m1/s1. The van der Waals surface area contributed by atoms with Crippen molar-refractivity contribution in [1.82, 2.24) is 9.21 Å². The van der Waals surface area contributed by atoms with Crippen LogP contribution in [0.15, 0.2) is 29.2 Å². The first kappa shape index (κ1) is 20.8. The first-order valence-electron chi connectivity index (χ1n) is 9.54. The second-order valence-electron chi connectivity index (χ2n) is 7.05. The zero-order valence-electron chi connectivity index (χ0n) is 16.0. The molecule has 0 N–H and O–H groups in total. The summed E-state index contributed by atoms with van der Waals surface area (Å²) in [5.41, 5.74) is 0.209. The average molecular weight is 410 g/mol. The van der Waals surface area contributed by atoms with E-state index in [0.29, 0.717) is 32.8 Å². The van der Waals surface area contributed by atoms with Crippen molar-refractivity contribution >= 4 is 21.9 Å². The molecule has 2 saturated heterocycles. The molecule has 9 heteroatoms. The smallest absolute Gasteiger partial charge is 0.338 e. The lowest BCUT2D eigenvalue weighted by Crippen LogP contribution is -2.42. The fourth-order valence-electron chi connectivity index (χ4n) is 3.44. The molecule has 0 aliphatic carbocycles. The lowest BCUT2D eigenvalue weighted by molar-refractivity contribution is -0.138. The Kier molecular flexibility index (Phi) is 6.69. The van der Waals surface area contributed by atoms with Crippen LogP contribution in [0.25, 0.3) is 0 Å². The van der Waals surface area contributed by atoms with E-state index in [0.717, 1.165) is 19.3 Å². The number of hydrogen-bond acceptors (Lipinski definition) is 6. The SMILES string of the molecule is C[C@@H]1CCCCN1S(=O)(=O)c1ccc(C(=O)OCC(=O)N2CCOCC2)cc1. The molecule has 154 valence electrons. The first-order valence-corrected chi connectivity index (χ1v) is 11.0. The van der Waals surface area contributed by atoms with Crippen molar-refractivity contribution in [2.45, 2.75) is 37.1 Å². The predicted molar refractivity (Wildman–Crippen MR) is 101 cm³/mol. The Bertz CT molecular complexity index is 802. The molecule has 1 amide bonds. The topological polar surface area (TPSA) is 93.2 Å². The minimum absolute atomic E-state index is 0.0328. The van der Waals surface area contributed by atoms with E-state index < -0.39 is 16.0 Å². The summed E-state index contributed by atoms with van der Waals surface area (Å²) in [5.74, 6) is -0.924. The van der Waals surface area contributed by atoms with Gasteiger partial charge in [0.15, 0.2) is 6.61 Å². The van der Waals surface area contributed by atoms with Crippen molar-refractivity contribution in [1.29, 1.82) is 0 Å². The van der Waals surface area contributed by atoms with Crippen molar-refractivity contribution in [3.05, 3.63) is 29.8 Å². The van der Waals surface area contributed by atoms with Gasteiger partial charge in [-0.2, -0.15) is 4.31 Å². The predicted octanol–water partition coefficient (Wildman–Crippen LogP) is 1.27. The number of amides is 1. The fourth-order valence-corrected chi connectivity index (χ4v) is 5.14. The van der Waals surface area contributed by atoms with Crippen LogP contribution in [-0.2, 0) is 24.3 Å². The molecule has 0 unspecified atom stereocenters. The first-order chi connectivity index (χ1) is 13.4. The van der Waals surface area contributed by atoms with Gasteiger partial charge in [-0.1, -0.05) is 6.42 Å². The van der Waals surface area contributed by atoms with Gasteiger partial charge in [-0.15, -0.1) is 0 Å². The summed E-state index contributed by atoms with van der Waals surface area (Å²) in [7, 11) is -3.59. The van der Waals surface area contributed by atoms with E-state index in [4.69, 9.17) is 9.47 Å². The van der Waals surface area contributed by atoms with Crippen LogP contribution in [0.4, 0.5) is 0 Å². The van der Waals surface area contributed by atoms with Gasteiger partial charge >= 0.3 is 5.97 Å². The van der Waals surface area contributed by atoms with E-state index in [1.165, 1.54) is 28.6 Å². The van der Waals surface area contributed by atoms with Crippen LogP contribution in [0.5, 0.6) is 0 Å². The highest BCUT2D eigenvalue weighted by atomic mass is 32.2. The molecule has 0 bridgehead atoms. The van der Waals surface area contributed by atoms with Crippen molar-refractivity contribution in [2.75, 3.05) is 39.5 Å². The number of esters is 1. The van der Waals surface area contributed by atoms with Crippen molar-refractivity contribution in [3.8, 4) is 0 Å². The number of carbonyl (C=O) groups is 2. The Morgan fingerprint density at radius 1 is 1.11 bits per heavy atom. The molecule has 0 spiro atoms. The average Bonchev–Trinajstić information content (AvgIpc) is 2.72. The molecule has 1 atom stereocenters. The van der Waals surface area contributed by atoms with Gasteiger partial charge < -0.3 is 14.4 Å². The van der Waals surface area contributed by atoms with Gasteiger partial charge in [0, 0.05) is 25.7 Å².